The Balaban J connectivity index is 1.81. The van der Waals surface area contributed by atoms with Crippen LogP contribution in [-0.2, 0) is 11.5 Å². The lowest BCUT2D eigenvalue weighted by Crippen LogP contribution is -2.22. The molecule has 0 N–H and O–H groups in total. The highest BCUT2D eigenvalue weighted by atomic mass is 28.3. The fourth-order valence-electron chi connectivity index (χ4n) is 2.63. The molecule has 0 bridgehead atoms. The van der Waals surface area contributed by atoms with Crippen LogP contribution in [0.1, 0.15) is 5.69 Å². The molecule has 0 unspecified atom stereocenters. The van der Waals surface area contributed by atoms with E-state index < -0.39 is 14.7 Å². The number of ether oxygens (including phenoxy) is 1. The summed E-state index contributed by atoms with van der Waals surface area (Å²) in [6.07, 6.45) is 5.17. The van der Waals surface area contributed by atoms with Crippen molar-refractivity contribution in [2.45, 2.75) is 32.4 Å². The van der Waals surface area contributed by atoms with Crippen molar-refractivity contribution >= 4 is 30.9 Å². The highest BCUT2D eigenvalue weighted by Crippen LogP contribution is 2.27. The maximum atomic E-state index is 13.1. The van der Waals surface area contributed by atoms with Gasteiger partial charge in [-0.25, -0.2) is 14.4 Å². The average molecular weight is 346 g/mol. The van der Waals surface area contributed by atoms with Crippen LogP contribution >= 0.6 is 0 Å². The predicted molar refractivity (Wildman–Crippen MR) is 97.9 cm³/mol. The lowest BCUT2D eigenvalue weighted by Gasteiger charge is -2.15. The summed E-state index contributed by atoms with van der Waals surface area (Å²) in [6, 6.07) is 3.09. The molecule has 2 aromatic heterocycles. The van der Waals surface area contributed by atoms with Gasteiger partial charge in [0.15, 0.2) is 0 Å². The molecule has 0 saturated heterocycles. The molecule has 2 aromatic rings. The van der Waals surface area contributed by atoms with Crippen LogP contribution in [0.3, 0.4) is 0 Å². The molecule has 0 saturated carbocycles. The number of fused-ring (bicyclic) bond motifs is 1. The van der Waals surface area contributed by atoms with E-state index in [2.05, 4.69) is 34.6 Å². The zero-order chi connectivity index (χ0) is 17.2. The van der Waals surface area contributed by atoms with Crippen LogP contribution in [-0.4, -0.2) is 48.6 Å². The average Bonchev–Trinajstić information content (AvgIpc) is 3.17. The summed E-state index contributed by atoms with van der Waals surface area (Å²) in [6.45, 7) is 8.14. The van der Waals surface area contributed by atoms with Crippen molar-refractivity contribution in [3.05, 3.63) is 29.9 Å². The number of rotatable bonds is 7. The molecule has 1 aliphatic heterocycles. The molecule has 24 heavy (non-hydrogen) atoms. The monoisotopic (exact) mass is 346 g/mol. The molecule has 0 spiro atoms. The predicted octanol–water partition coefficient (Wildman–Crippen LogP) is 3.55. The third-order valence-electron chi connectivity index (χ3n) is 4.08. The van der Waals surface area contributed by atoms with Gasteiger partial charge in [-0.1, -0.05) is 19.6 Å². The standard InChI is InChI=1S/C17H23FN4OSi/c1-24(2,3)7-6-23-12-22-5-4-14-16(20-11-21-17(14)22)15-10-19-9-13(15)8-18/h4-5,10-11H,6-9,12H2,1-3H3. The minimum atomic E-state index is -1.09. The minimum absolute atomic E-state index is 0.415. The van der Waals surface area contributed by atoms with Crippen molar-refractivity contribution in [1.29, 1.82) is 0 Å². The Kier molecular flexibility index (Phi) is 4.91. The van der Waals surface area contributed by atoms with Crippen LogP contribution in [0.5, 0.6) is 0 Å². The Morgan fingerprint density at radius 3 is 2.88 bits per heavy atom. The highest BCUT2D eigenvalue weighted by molar-refractivity contribution is 6.76. The van der Waals surface area contributed by atoms with E-state index in [4.69, 9.17) is 4.74 Å². The van der Waals surface area contributed by atoms with Crippen molar-refractivity contribution in [1.82, 2.24) is 14.5 Å². The van der Waals surface area contributed by atoms with E-state index in [1.165, 1.54) is 6.33 Å². The number of alkyl halides is 1. The van der Waals surface area contributed by atoms with Gasteiger partial charge in [0.25, 0.3) is 0 Å². The van der Waals surface area contributed by atoms with Gasteiger partial charge < -0.3 is 9.30 Å². The largest absolute Gasteiger partial charge is 0.361 e. The number of hydrogen-bond acceptors (Lipinski definition) is 4. The van der Waals surface area contributed by atoms with Crippen LogP contribution in [0.15, 0.2) is 29.2 Å². The number of hydrogen-bond donors (Lipinski definition) is 0. The molecule has 1 aliphatic rings. The topological polar surface area (TPSA) is 52.3 Å². The summed E-state index contributed by atoms with van der Waals surface area (Å²) < 4.78 is 20.9. The van der Waals surface area contributed by atoms with Gasteiger partial charge in [0.1, 0.15) is 25.4 Å². The van der Waals surface area contributed by atoms with E-state index in [0.717, 1.165) is 35.0 Å². The quantitative estimate of drug-likeness (QED) is 0.569. The fraction of sp³-hybridized carbons (Fsp3) is 0.471. The van der Waals surface area contributed by atoms with Gasteiger partial charge >= 0.3 is 0 Å². The van der Waals surface area contributed by atoms with Gasteiger partial charge in [-0.15, -0.1) is 0 Å². The Labute approximate surface area is 142 Å². The summed E-state index contributed by atoms with van der Waals surface area (Å²) in [5.41, 5.74) is 3.00. The first-order chi connectivity index (χ1) is 11.5. The number of aromatic nitrogens is 3. The maximum Gasteiger partial charge on any atom is 0.145 e. The fourth-order valence-corrected chi connectivity index (χ4v) is 3.39. The Morgan fingerprint density at radius 1 is 1.29 bits per heavy atom. The van der Waals surface area contributed by atoms with E-state index >= 15 is 0 Å². The van der Waals surface area contributed by atoms with Crippen LogP contribution < -0.4 is 0 Å². The van der Waals surface area contributed by atoms with E-state index in [-0.39, 0.29) is 0 Å². The maximum absolute atomic E-state index is 13.1. The molecule has 5 nitrogen and oxygen atoms in total. The first kappa shape index (κ1) is 17.0. The third kappa shape index (κ3) is 3.62. The van der Waals surface area contributed by atoms with Crippen molar-refractivity contribution in [3.63, 3.8) is 0 Å². The van der Waals surface area contributed by atoms with E-state index in [9.17, 15) is 4.39 Å². The summed E-state index contributed by atoms with van der Waals surface area (Å²) >= 11 is 0. The molecule has 0 amide bonds. The van der Waals surface area contributed by atoms with Crippen molar-refractivity contribution in [2.24, 2.45) is 4.99 Å². The molecule has 0 aliphatic carbocycles. The lowest BCUT2D eigenvalue weighted by molar-refractivity contribution is 0.0899. The van der Waals surface area contributed by atoms with Crippen molar-refractivity contribution in [3.8, 4) is 0 Å². The summed E-state index contributed by atoms with van der Waals surface area (Å²) in [5, 5.41) is 0.903. The van der Waals surface area contributed by atoms with E-state index in [0.29, 0.717) is 18.8 Å². The van der Waals surface area contributed by atoms with E-state index in [1.807, 2.05) is 16.8 Å². The van der Waals surface area contributed by atoms with Crippen LogP contribution in [0.4, 0.5) is 4.39 Å². The molecule has 0 fully saturated rings. The highest BCUT2D eigenvalue weighted by Gasteiger charge is 2.18. The summed E-state index contributed by atoms with van der Waals surface area (Å²) in [7, 11) is -1.09. The van der Waals surface area contributed by atoms with Crippen LogP contribution in [0.25, 0.3) is 16.6 Å². The molecule has 3 heterocycles. The molecule has 7 heteroatoms. The van der Waals surface area contributed by atoms with Crippen molar-refractivity contribution < 1.29 is 9.13 Å². The minimum Gasteiger partial charge on any atom is -0.361 e. The zero-order valence-electron chi connectivity index (χ0n) is 14.4. The molecule has 128 valence electrons. The Morgan fingerprint density at radius 2 is 2.12 bits per heavy atom. The summed E-state index contributed by atoms with van der Waals surface area (Å²) in [5.74, 6) is 0. The molecule has 0 aromatic carbocycles. The van der Waals surface area contributed by atoms with Gasteiger partial charge in [0, 0.05) is 38.1 Å². The molecule has 0 radical (unpaired) electrons. The zero-order valence-corrected chi connectivity index (χ0v) is 15.4. The number of nitrogens with zero attached hydrogens (tertiary/aromatic N) is 4. The molecule has 3 rings (SSSR count). The molecular weight excluding hydrogens is 323 g/mol. The van der Waals surface area contributed by atoms with Gasteiger partial charge in [0.05, 0.1) is 12.2 Å². The SMILES string of the molecule is C[Si](C)(C)CCOCn1ccc2c(C3=C(CF)CN=C3)ncnc21. The smallest absolute Gasteiger partial charge is 0.145 e. The summed E-state index contributed by atoms with van der Waals surface area (Å²) in [4.78, 5) is 12.9. The lowest BCUT2D eigenvalue weighted by atomic mass is 10.1. The Hall–Kier alpha value is -1.86. The van der Waals surface area contributed by atoms with Gasteiger partial charge in [-0.2, -0.15) is 0 Å². The number of aliphatic imine (C=N–C) groups is 1. The first-order valence-corrected chi connectivity index (χ1v) is 11.9. The van der Waals surface area contributed by atoms with Crippen LogP contribution in [0.2, 0.25) is 25.7 Å². The van der Waals surface area contributed by atoms with Gasteiger partial charge in [0.2, 0.25) is 0 Å². The van der Waals surface area contributed by atoms with Gasteiger partial charge in [-0.3, -0.25) is 4.99 Å². The van der Waals surface area contributed by atoms with Crippen LogP contribution in [0, 0.1) is 0 Å². The second-order valence-electron chi connectivity index (χ2n) is 7.21. The van der Waals surface area contributed by atoms with E-state index in [1.54, 1.807) is 6.21 Å². The molecule has 0 atom stereocenters. The number of allylic oxidation sites excluding steroid dienone is 1. The molecular formula is C17H23FN4OSi. The normalized spacial score (nSPS) is 15.0. The second kappa shape index (κ2) is 6.94. The van der Waals surface area contributed by atoms with Crippen molar-refractivity contribution in [2.75, 3.05) is 19.8 Å². The van der Waals surface area contributed by atoms with Gasteiger partial charge in [-0.05, 0) is 17.7 Å². The number of halogens is 1. The first-order valence-electron chi connectivity index (χ1n) is 8.15. The Bertz CT molecular complexity index is 791. The second-order valence-corrected chi connectivity index (χ2v) is 12.8. The third-order valence-corrected chi connectivity index (χ3v) is 5.79.